The minimum absolute atomic E-state index is 0.00490. The van der Waals surface area contributed by atoms with Gasteiger partial charge in [0.2, 0.25) is 0 Å². The number of ketones is 1. The SMILES string of the molecule is COc1ccc2c(c1)C(CC(=O)c1ccc(C#N)cc1)=NC(C)(C)C2. The first-order valence-electron chi connectivity index (χ1n) is 8.21. The molecule has 0 bridgehead atoms. The van der Waals surface area contributed by atoms with E-state index in [1.807, 2.05) is 12.1 Å². The number of nitrogens with zero attached hydrogens (tertiary/aromatic N) is 2. The Balaban J connectivity index is 1.93. The fourth-order valence-electron chi connectivity index (χ4n) is 3.16. The van der Waals surface area contributed by atoms with Crippen molar-refractivity contribution in [3.05, 3.63) is 64.7 Å². The van der Waals surface area contributed by atoms with Crippen molar-refractivity contribution in [3.8, 4) is 11.8 Å². The van der Waals surface area contributed by atoms with Gasteiger partial charge in [0.15, 0.2) is 5.78 Å². The van der Waals surface area contributed by atoms with E-state index in [4.69, 9.17) is 15.0 Å². The molecule has 4 heteroatoms. The highest BCUT2D eigenvalue weighted by Gasteiger charge is 2.28. The van der Waals surface area contributed by atoms with Crippen LogP contribution in [-0.4, -0.2) is 24.1 Å². The van der Waals surface area contributed by atoms with Gasteiger partial charge in [0, 0.05) is 11.1 Å². The molecule has 25 heavy (non-hydrogen) atoms. The molecule has 0 saturated carbocycles. The maximum absolute atomic E-state index is 12.7. The normalized spacial score (nSPS) is 14.9. The molecule has 1 aliphatic rings. The van der Waals surface area contributed by atoms with Gasteiger partial charge in [0.05, 0.1) is 36.4 Å². The number of carbonyl (C=O) groups is 1. The Bertz CT molecular complexity index is 887. The molecule has 0 radical (unpaired) electrons. The third-order valence-corrected chi connectivity index (χ3v) is 4.35. The van der Waals surface area contributed by atoms with Gasteiger partial charge in [-0.15, -0.1) is 0 Å². The summed E-state index contributed by atoms with van der Waals surface area (Å²) in [5.74, 6) is 0.756. The number of benzene rings is 2. The van der Waals surface area contributed by atoms with E-state index < -0.39 is 0 Å². The molecule has 0 saturated heterocycles. The van der Waals surface area contributed by atoms with Crippen LogP contribution in [0.4, 0.5) is 0 Å². The molecule has 0 amide bonds. The van der Waals surface area contributed by atoms with Crippen molar-refractivity contribution >= 4 is 11.5 Å². The van der Waals surface area contributed by atoms with Crippen LogP contribution in [0.2, 0.25) is 0 Å². The number of hydrogen-bond donors (Lipinski definition) is 0. The molecular formula is C21H20N2O2. The summed E-state index contributed by atoms with van der Waals surface area (Å²) >= 11 is 0. The molecule has 0 atom stereocenters. The second-order valence-electron chi connectivity index (χ2n) is 6.86. The number of fused-ring (bicyclic) bond motifs is 1. The number of methoxy groups -OCH3 is 1. The van der Waals surface area contributed by atoms with E-state index in [2.05, 4.69) is 26.0 Å². The summed E-state index contributed by atoms with van der Waals surface area (Å²) in [6, 6.07) is 14.7. The minimum atomic E-state index is -0.234. The average Bonchev–Trinajstić information content (AvgIpc) is 2.60. The average molecular weight is 332 g/mol. The lowest BCUT2D eigenvalue weighted by molar-refractivity contribution is 0.100. The highest BCUT2D eigenvalue weighted by atomic mass is 16.5. The van der Waals surface area contributed by atoms with Crippen LogP contribution in [-0.2, 0) is 6.42 Å². The van der Waals surface area contributed by atoms with E-state index in [1.165, 1.54) is 5.56 Å². The quantitative estimate of drug-likeness (QED) is 0.796. The summed E-state index contributed by atoms with van der Waals surface area (Å²) in [4.78, 5) is 17.5. The van der Waals surface area contributed by atoms with Gasteiger partial charge >= 0.3 is 0 Å². The number of carbonyl (C=O) groups excluding carboxylic acids is 1. The molecular weight excluding hydrogens is 312 g/mol. The van der Waals surface area contributed by atoms with Crippen molar-refractivity contribution in [3.63, 3.8) is 0 Å². The zero-order valence-electron chi connectivity index (χ0n) is 14.7. The minimum Gasteiger partial charge on any atom is -0.497 e. The maximum atomic E-state index is 12.7. The predicted molar refractivity (Wildman–Crippen MR) is 97.4 cm³/mol. The fraction of sp³-hybridized carbons (Fsp3) is 0.286. The summed E-state index contributed by atoms with van der Waals surface area (Å²) in [6.07, 6.45) is 1.07. The Hall–Kier alpha value is -2.93. The first-order chi connectivity index (χ1) is 11.9. The molecule has 126 valence electrons. The molecule has 0 unspecified atom stereocenters. The van der Waals surface area contributed by atoms with Gasteiger partial charge in [-0.25, -0.2) is 0 Å². The van der Waals surface area contributed by atoms with Gasteiger partial charge in [0.25, 0.3) is 0 Å². The molecule has 0 aromatic heterocycles. The van der Waals surface area contributed by atoms with Gasteiger partial charge in [-0.3, -0.25) is 9.79 Å². The van der Waals surface area contributed by atoms with Gasteiger partial charge in [0.1, 0.15) is 5.75 Å². The van der Waals surface area contributed by atoms with Crippen molar-refractivity contribution < 1.29 is 9.53 Å². The van der Waals surface area contributed by atoms with Crippen molar-refractivity contribution in [2.24, 2.45) is 4.99 Å². The lowest BCUT2D eigenvalue weighted by Gasteiger charge is -2.29. The second-order valence-corrected chi connectivity index (χ2v) is 6.86. The van der Waals surface area contributed by atoms with E-state index in [0.717, 1.165) is 23.4 Å². The van der Waals surface area contributed by atoms with Crippen LogP contribution in [0.5, 0.6) is 5.75 Å². The van der Waals surface area contributed by atoms with Gasteiger partial charge < -0.3 is 4.74 Å². The monoisotopic (exact) mass is 332 g/mol. The van der Waals surface area contributed by atoms with Crippen LogP contribution in [0.25, 0.3) is 0 Å². The fourth-order valence-corrected chi connectivity index (χ4v) is 3.16. The molecule has 0 aliphatic carbocycles. The van der Waals surface area contributed by atoms with Gasteiger partial charge in [-0.05, 0) is 50.1 Å². The number of nitriles is 1. The molecule has 3 rings (SSSR count). The number of ether oxygens (including phenoxy) is 1. The molecule has 1 aliphatic heterocycles. The van der Waals surface area contributed by atoms with Crippen LogP contribution in [0.3, 0.4) is 0 Å². The smallest absolute Gasteiger partial charge is 0.168 e. The highest BCUT2D eigenvalue weighted by molar-refractivity contribution is 6.17. The second kappa shape index (κ2) is 6.52. The Morgan fingerprint density at radius 1 is 1.24 bits per heavy atom. The van der Waals surface area contributed by atoms with E-state index in [0.29, 0.717) is 11.1 Å². The molecule has 1 heterocycles. The summed E-state index contributed by atoms with van der Waals surface area (Å²) in [5, 5.41) is 8.88. The van der Waals surface area contributed by atoms with E-state index >= 15 is 0 Å². The van der Waals surface area contributed by atoms with Crippen molar-refractivity contribution in [1.29, 1.82) is 5.26 Å². The lowest BCUT2D eigenvalue weighted by atomic mass is 9.85. The summed E-state index contributed by atoms with van der Waals surface area (Å²) in [7, 11) is 1.63. The van der Waals surface area contributed by atoms with Crippen molar-refractivity contribution in [2.75, 3.05) is 7.11 Å². The van der Waals surface area contributed by atoms with Crippen molar-refractivity contribution in [1.82, 2.24) is 0 Å². The lowest BCUT2D eigenvalue weighted by Crippen LogP contribution is -2.30. The molecule has 4 nitrogen and oxygen atoms in total. The molecule has 0 fully saturated rings. The third kappa shape index (κ3) is 3.61. The van der Waals surface area contributed by atoms with E-state index in [-0.39, 0.29) is 17.7 Å². The summed E-state index contributed by atoms with van der Waals surface area (Å²) in [6.45, 7) is 4.15. The number of Topliss-reactive ketones (excluding diaryl/α,β-unsaturated/α-hetero) is 1. The van der Waals surface area contributed by atoms with Crippen LogP contribution >= 0.6 is 0 Å². The Kier molecular flexibility index (Phi) is 4.41. The number of hydrogen-bond acceptors (Lipinski definition) is 4. The van der Waals surface area contributed by atoms with Gasteiger partial charge in [-0.2, -0.15) is 5.26 Å². The largest absolute Gasteiger partial charge is 0.497 e. The molecule has 2 aromatic rings. The number of rotatable bonds is 4. The van der Waals surface area contributed by atoms with Crippen molar-refractivity contribution in [2.45, 2.75) is 32.2 Å². The molecule has 0 N–H and O–H groups in total. The zero-order chi connectivity index (χ0) is 18.0. The zero-order valence-corrected chi connectivity index (χ0v) is 14.7. The highest BCUT2D eigenvalue weighted by Crippen LogP contribution is 2.30. The van der Waals surface area contributed by atoms with Crippen LogP contribution < -0.4 is 4.74 Å². The van der Waals surface area contributed by atoms with Gasteiger partial charge in [-0.1, -0.05) is 18.2 Å². The first-order valence-corrected chi connectivity index (χ1v) is 8.21. The third-order valence-electron chi connectivity index (χ3n) is 4.35. The van der Waals surface area contributed by atoms with Crippen LogP contribution in [0.15, 0.2) is 47.5 Å². The maximum Gasteiger partial charge on any atom is 0.168 e. The predicted octanol–water partition coefficient (Wildman–Crippen LogP) is 3.96. The number of aliphatic imine (C=N–C) groups is 1. The molecule has 0 spiro atoms. The Morgan fingerprint density at radius 2 is 1.96 bits per heavy atom. The standard InChI is InChI=1S/C21H20N2O2/c1-21(2)12-16-8-9-17(25-3)10-18(16)19(23-21)11-20(24)15-6-4-14(13-22)5-7-15/h4-10H,11-12H2,1-3H3. The summed E-state index contributed by atoms with van der Waals surface area (Å²) < 4.78 is 5.33. The topological polar surface area (TPSA) is 62.5 Å². The Labute approximate surface area is 147 Å². The molecule has 2 aromatic carbocycles. The van der Waals surface area contributed by atoms with E-state index in [9.17, 15) is 4.79 Å². The first kappa shape index (κ1) is 16.9. The van der Waals surface area contributed by atoms with E-state index in [1.54, 1.807) is 31.4 Å². The van der Waals surface area contributed by atoms with Crippen LogP contribution in [0.1, 0.15) is 47.3 Å². The van der Waals surface area contributed by atoms with Crippen LogP contribution in [0, 0.1) is 11.3 Å². The summed E-state index contributed by atoms with van der Waals surface area (Å²) in [5.41, 5.74) is 3.86. The Morgan fingerprint density at radius 3 is 2.60 bits per heavy atom.